The van der Waals surface area contributed by atoms with Gasteiger partial charge in [-0.2, -0.15) is 0 Å². The molecule has 1 atom stereocenters. The summed E-state index contributed by atoms with van der Waals surface area (Å²) < 4.78 is 5.81. The number of ketones is 2. The molecule has 0 amide bonds. The summed E-state index contributed by atoms with van der Waals surface area (Å²) in [7, 11) is 0. The number of carbonyl (C=O) groups is 3. The van der Waals surface area contributed by atoms with Crippen LogP contribution in [-0.2, 0) is 4.74 Å². The van der Waals surface area contributed by atoms with E-state index in [1.165, 1.54) is 18.9 Å². The van der Waals surface area contributed by atoms with Gasteiger partial charge >= 0.3 is 5.97 Å². The highest BCUT2D eigenvalue weighted by Gasteiger charge is 2.26. The molecule has 154 valence electrons. The number of aromatic amines is 1. The third-order valence-electron chi connectivity index (χ3n) is 4.93. The van der Waals surface area contributed by atoms with Gasteiger partial charge in [0.15, 0.2) is 11.9 Å². The molecule has 3 rings (SSSR count). The number of aryl methyl sites for hydroxylation is 1. The first-order chi connectivity index (χ1) is 13.8. The fourth-order valence-corrected chi connectivity index (χ4v) is 6.36. The molecular formula is C22H25NO4S2. The Morgan fingerprint density at radius 2 is 1.72 bits per heavy atom. The fourth-order valence-electron chi connectivity index (χ4n) is 3.47. The smallest absolute Gasteiger partial charge is 0.338 e. The highest BCUT2D eigenvalue weighted by Crippen LogP contribution is 2.43. The van der Waals surface area contributed by atoms with E-state index in [1.54, 1.807) is 32.9 Å². The summed E-state index contributed by atoms with van der Waals surface area (Å²) in [5.41, 5.74) is 3.67. The van der Waals surface area contributed by atoms with E-state index < -0.39 is 12.1 Å². The zero-order valence-electron chi connectivity index (χ0n) is 17.0. The van der Waals surface area contributed by atoms with E-state index in [-0.39, 0.29) is 11.6 Å². The molecule has 1 unspecified atom stereocenters. The van der Waals surface area contributed by atoms with Gasteiger partial charge in [-0.15, -0.1) is 23.5 Å². The lowest BCUT2D eigenvalue weighted by Crippen LogP contribution is -2.25. The molecule has 1 saturated heterocycles. The van der Waals surface area contributed by atoms with Gasteiger partial charge in [0.25, 0.3) is 0 Å². The second-order valence-electron chi connectivity index (χ2n) is 7.14. The van der Waals surface area contributed by atoms with Crippen LogP contribution in [0.2, 0.25) is 0 Å². The van der Waals surface area contributed by atoms with Crippen LogP contribution in [0, 0.1) is 13.8 Å². The van der Waals surface area contributed by atoms with Crippen molar-refractivity contribution in [2.75, 3.05) is 11.5 Å². The molecule has 1 aliphatic heterocycles. The first kappa shape index (κ1) is 21.7. The van der Waals surface area contributed by atoms with Crippen molar-refractivity contribution >= 4 is 41.1 Å². The monoisotopic (exact) mass is 431 g/mol. The van der Waals surface area contributed by atoms with Crippen LogP contribution in [0.5, 0.6) is 0 Å². The highest BCUT2D eigenvalue weighted by atomic mass is 32.2. The Labute approximate surface area is 179 Å². The number of Topliss-reactive ketones (excluding diaryl/α,β-unsaturated/α-hetero) is 2. The van der Waals surface area contributed by atoms with Gasteiger partial charge in [0.2, 0.25) is 5.78 Å². The van der Waals surface area contributed by atoms with Crippen LogP contribution >= 0.6 is 23.5 Å². The molecule has 0 radical (unpaired) electrons. The second-order valence-corrected chi connectivity index (χ2v) is 9.87. The van der Waals surface area contributed by atoms with Crippen molar-refractivity contribution in [3.05, 3.63) is 57.9 Å². The minimum atomic E-state index is -0.955. The van der Waals surface area contributed by atoms with Crippen LogP contribution in [0.3, 0.4) is 0 Å². The van der Waals surface area contributed by atoms with Crippen molar-refractivity contribution in [1.82, 2.24) is 4.98 Å². The van der Waals surface area contributed by atoms with Gasteiger partial charge in [-0.1, -0.05) is 12.1 Å². The Balaban J connectivity index is 1.68. The maximum atomic E-state index is 12.8. The molecule has 1 aromatic carbocycles. The van der Waals surface area contributed by atoms with E-state index in [0.29, 0.717) is 32.7 Å². The van der Waals surface area contributed by atoms with Gasteiger partial charge < -0.3 is 9.72 Å². The molecule has 0 aliphatic carbocycles. The third-order valence-corrected chi connectivity index (χ3v) is 7.95. The van der Waals surface area contributed by atoms with Crippen LogP contribution in [0.15, 0.2) is 24.3 Å². The van der Waals surface area contributed by atoms with Crippen molar-refractivity contribution < 1.29 is 19.1 Å². The third kappa shape index (κ3) is 4.78. The fraction of sp³-hybridized carbons (Fsp3) is 0.409. The van der Waals surface area contributed by atoms with E-state index in [2.05, 4.69) is 4.98 Å². The summed E-state index contributed by atoms with van der Waals surface area (Å²) in [6.07, 6.45) is 0.277. The Kier molecular flexibility index (Phi) is 6.90. The molecule has 1 fully saturated rings. The minimum absolute atomic E-state index is 0.102. The summed E-state index contributed by atoms with van der Waals surface area (Å²) in [6.45, 7) is 6.49. The van der Waals surface area contributed by atoms with Crippen molar-refractivity contribution in [1.29, 1.82) is 0 Å². The van der Waals surface area contributed by atoms with Gasteiger partial charge in [0.05, 0.1) is 15.8 Å². The molecule has 7 heteroatoms. The number of esters is 1. The number of carbonyl (C=O) groups excluding carboxylic acids is 3. The standard InChI is InChI=1S/C22H25NO4S2/c1-12-18(14(3)24)13(2)23-19(12)20(25)15(4)27-21(26)16-6-8-17(9-7-16)22-28-10-5-11-29-22/h6-9,15,22-23H,5,10-11H2,1-4H3. The number of nitrogens with one attached hydrogen (secondary N) is 1. The van der Waals surface area contributed by atoms with E-state index in [1.807, 2.05) is 35.7 Å². The van der Waals surface area contributed by atoms with Gasteiger partial charge in [-0.25, -0.2) is 4.79 Å². The van der Waals surface area contributed by atoms with Crippen molar-refractivity contribution in [3.63, 3.8) is 0 Å². The molecule has 0 saturated carbocycles. The molecule has 0 bridgehead atoms. The maximum Gasteiger partial charge on any atom is 0.338 e. The second kappa shape index (κ2) is 9.22. The van der Waals surface area contributed by atoms with Crippen LogP contribution in [0.25, 0.3) is 0 Å². The van der Waals surface area contributed by atoms with Crippen LogP contribution in [0.1, 0.15) is 72.9 Å². The lowest BCUT2D eigenvalue weighted by Gasteiger charge is -2.21. The van der Waals surface area contributed by atoms with E-state index in [4.69, 9.17) is 4.74 Å². The van der Waals surface area contributed by atoms with Gasteiger partial charge in [0.1, 0.15) is 0 Å². The van der Waals surface area contributed by atoms with Crippen molar-refractivity contribution in [3.8, 4) is 0 Å². The first-order valence-corrected chi connectivity index (χ1v) is 11.7. The normalized spacial score (nSPS) is 15.7. The van der Waals surface area contributed by atoms with E-state index in [0.717, 1.165) is 11.5 Å². The molecule has 2 heterocycles. The van der Waals surface area contributed by atoms with E-state index in [9.17, 15) is 14.4 Å². The zero-order valence-corrected chi connectivity index (χ0v) is 18.7. The Morgan fingerprint density at radius 1 is 1.10 bits per heavy atom. The summed E-state index contributed by atoms with van der Waals surface area (Å²) in [4.78, 5) is 40.0. The van der Waals surface area contributed by atoms with Gasteiger partial charge in [-0.3, -0.25) is 9.59 Å². The highest BCUT2D eigenvalue weighted by molar-refractivity contribution is 8.16. The van der Waals surface area contributed by atoms with Crippen LogP contribution in [-0.4, -0.2) is 40.1 Å². The number of rotatable bonds is 6. The number of aromatic nitrogens is 1. The number of benzene rings is 1. The molecular weight excluding hydrogens is 406 g/mol. The quantitative estimate of drug-likeness (QED) is 0.505. The molecule has 2 aromatic rings. The number of H-pyrrole nitrogens is 1. The SMILES string of the molecule is CC(=O)c1c(C)[nH]c(C(=O)C(C)OC(=O)c2ccc(C3SCCCS3)cc2)c1C. The molecule has 29 heavy (non-hydrogen) atoms. The number of ether oxygens (including phenoxy) is 1. The molecule has 1 N–H and O–H groups in total. The molecule has 5 nitrogen and oxygen atoms in total. The lowest BCUT2D eigenvalue weighted by atomic mass is 10.0. The number of hydrogen-bond donors (Lipinski definition) is 1. The minimum Gasteiger partial charge on any atom is -0.451 e. The summed E-state index contributed by atoms with van der Waals surface area (Å²) >= 11 is 3.85. The maximum absolute atomic E-state index is 12.8. The number of thioether (sulfide) groups is 2. The van der Waals surface area contributed by atoms with Crippen molar-refractivity contribution in [2.24, 2.45) is 0 Å². The van der Waals surface area contributed by atoms with Crippen molar-refractivity contribution in [2.45, 2.75) is 44.8 Å². The largest absolute Gasteiger partial charge is 0.451 e. The topological polar surface area (TPSA) is 76.2 Å². The van der Waals surface area contributed by atoms with Crippen LogP contribution in [0.4, 0.5) is 0 Å². The Bertz CT molecular complexity index is 927. The Morgan fingerprint density at radius 3 is 2.28 bits per heavy atom. The average molecular weight is 432 g/mol. The molecule has 1 aliphatic rings. The summed E-state index contributed by atoms with van der Waals surface area (Å²) in [5, 5.41) is 0. The first-order valence-electron chi connectivity index (χ1n) is 9.58. The Hall–Kier alpha value is -1.99. The van der Waals surface area contributed by atoms with Gasteiger partial charge in [-0.05, 0) is 68.9 Å². The van der Waals surface area contributed by atoms with E-state index >= 15 is 0 Å². The summed E-state index contributed by atoms with van der Waals surface area (Å²) in [6, 6.07) is 7.42. The molecule has 0 spiro atoms. The summed E-state index contributed by atoms with van der Waals surface area (Å²) in [5.74, 6) is 1.33. The van der Waals surface area contributed by atoms with Gasteiger partial charge in [0, 0.05) is 11.3 Å². The number of hydrogen-bond acceptors (Lipinski definition) is 6. The lowest BCUT2D eigenvalue weighted by molar-refractivity contribution is 0.0317. The van der Waals surface area contributed by atoms with Crippen LogP contribution < -0.4 is 0 Å². The average Bonchev–Trinajstić information content (AvgIpc) is 3.02. The predicted molar refractivity (Wildman–Crippen MR) is 118 cm³/mol. The zero-order chi connectivity index (χ0) is 21.1. The predicted octanol–water partition coefficient (Wildman–Crippen LogP) is 5.13. The molecule has 1 aromatic heterocycles.